The van der Waals surface area contributed by atoms with E-state index in [1.165, 1.54) is 10.9 Å². The first-order valence-electron chi connectivity index (χ1n) is 8.21. The van der Waals surface area contributed by atoms with Crippen LogP contribution in [0.4, 0.5) is 5.82 Å². The summed E-state index contributed by atoms with van der Waals surface area (Å²) in [4.78, 5) is 22.7. The minimum atomic E-state index is -0.439. The molecule has 2 aromatic rings. The molecule has 0 radical (unpaired) electrons. The standard InChI is InChI=1S/C15H17N9O2/c1-10-20-21-22-24(10)6-14(25)19-8-15-2-12(7-26-15)23(9-15)13-5-17-11(3-16)4-18-13/h4-5,12H,2,6-9H2,1H3,(H,19,25). The molecule has 4 heterocycles. The molecule has 2 atom stereocenters. The molecule has 0 aromatic carbocycles. The van der Waals surface area contributed by atoms with Gasteiger partial charge in [-0.05, 0) is 17.4 Å². The van der Waals surface area contributed by atoms with Gasteiger partial charge in [-0.15, -0.1) is 5.10 Å². The van der Waals surface area contributed by atoms with Crippen LogP contribution in [0.2, 0.25) is 0 Å². The topological polar surface area (TPSA) is 135 Å². The van der Waals surface area contributed by atoms with E-state index in [4.69, 9.17) is 10.00 Å². The summed E-state index contributed by atoms with van der Waals surface area (Å²) in [5.74, 6) is 1.13. The second-order valence-corrected chi connectivity index (χ2v) is 6.51. The maximum absolute atomic E-state index is 12.2. The van der Waals surface area contributed by atoms with Gasteiger partial charge in [-0.1, -0.05) is 0 Å². The van der Waals surface area contributed by atoms with Gasteiger partial charge in [0.05, 0.1) is 31.6 Å². The molecule has 0 saturated carbocycles. The average molecular weight is 355 g/mol. The fourth-order valence-electron chi connectivity index (χ4n) is 3.39. The number of hydrogen-bond donors (Lipinski definition) is 1. The van der Waals surface area contributed by atoms with E-state index in [0.29, 0.717) is 25.5 Å². The summed E-state index contributed by atoms with van der Waals surface area (Å²) < 4.78 is 7.38. The fraction of sp³-hybridized carbons (Fsp3) is 0.533. The summed E-state index contributed by atoms with van der Waals surface area (Å²) in [6, 6.07) is 2.15. The van der Waals surface area contributed by atoms with Crippen molar-refractivity contribution in [3.8, 4) is 6.07 Å². The molecule has 2 saturated heterocycles. The molecule has 1 N–H and O–H groups in total. The van der Waals surface area contributed by atoms with Gasteiger partial charge in [-0.3, -0.25) is 4.79 Å². The Morgan fingerprint density at radius 2 is 2.38 bits per heavy atom. The van der Waals surface area contributed by atoms with E-state index in [1.54, 1.807) is 13.1 Å². The molecule has 4 rings (SSSR count). The van der Waals surface area contributed by atoms with Crippen molar-refractivity contribution in [1.29, 1.82) is 5.26 Å². The van der Waals surface area contributed by atoms with Crippen molar-refractivity contribution >= 4 is 11.7 Å². The van der Waals surface area contributed by atoms with Crippen molar-refractivity contribution in [3.63, 3.8) is 0 Å². The normalized spacial score (nSPS) is 23.8. The maximum atomic E-state index is 12.2. The number of tetrazole rings is 1. The number of nitrogens with one attached hydrogen (secondary N) is 1. The summed E-state index contributed by atoms with van der Waals surface area (Å²) >= 11 is 0. The average Bonchev–Trinajstić information content (AvgIpc) is 3.36. The lowest BCUT2D eigenvalue weighted by Crippen LogP contribution is -2.49. The molecule has 0 spiro atoms. The Balaban J connectivity index is 1.37. The second-order valence-electron chi connectivity index (χ2n) is 6.51. The molecule has 11 heteroatoms. The molecule has 2 unspecified atom stereocenters. The number of hydrogen-bond acceptors (Lipinski definition) is 9. The van der Waals surface area contributed by atoms with Crippen LogP contribution < -0.4 is 10.2 Å². The van der Waals surface area contributed by atoms with Crippen molar-refractivity contribution in [2.45, 2.75) is 31.5 Å². The van der Waals surface area contributed by atoms with Crippen molar-refractivity contribution in [1.82, 2.24) is 35.5 Å². The predicted octanol–water partition coefficient (Wildman–Crippen LogP) is -1.19. The third-order valence-corrected chi connectivity index (χ3v) is 4.75. The molecule has 2 aliphatic rings. The van der Waals surface area contributed by atoms with Crippen molar-refractivity contribution in [2.24, 2.45) is 0 Å². The van der Waals surface area contributed by atoms with E-state index >= 15 is 0 Å². The Labute approximate surface area is 149 Å². The number of aryl methyl sites for hydroxylation is 1. The molecular weight excluding hydrogens is 338 g/mol. The van der Waals surface area contributed by atoms with Gasteiger partial charge in [-0.25, -0.2) is 14.6 Å². The van der Waals surface area contributed by atoms with Crippen LogP contribution in [0, 0.1) is 18.3 Å². The van der Waals surface area contributed by atoms with Gasteiger partial charge in [0.2, 0.25) is 5.91 Å². The monoisotopic (exact) mass is 355 g/mol. The number of anilines is 1. The highest BCUT2D eigenvalue weighted by molar-refractivity contribution is 5.75. The number of carbonyl (C=O) groups is 1. The highest BCUT2D eigenvalue weighted by atomic mass is 16.5. The lowest BCUT2D eigenvalue weighted by Gasteiger charge is -2.33. The summed E-state index contributed by atoms with van der Waals surface area (Å²) in [6.07, 6.45) is 3.87. The molecule has 1 amide bonds. The molecule has 11 nitrogen and oxygen atoms in total. The van der Waals surface area contributed by atoms with Gasteiger partial charge in [0, 0.05) is 13.0 Å². The van der Waals surface area contributed by atoms with Crippen LogP contribution in [-0.2, 0) is 16.1 Å². The Hall–Kier alpha value is -3.13. The number of morpholine rings is 1. The summed E-state index contributed by atoms with van der Waals surface area (Å²) in [5.41, 5.74) is -0.153. The second kappa shape index (κ2) is 6.30. The van der Waals surface area contributed by atoms with Gasteiger partial charge in [0.15, 0.2) is 5.69 Å². The molecule has 0 aliphatic carbocycles. The largest absolute Gasteiger partial charge is 0.369 e. The third kappa shape index (κ3) is 2.95. The van der Waals surface area contributed by atoms with Gasteiger partial charge in [0.25, 0.3) is 0 Å². The van der Waals surface area contributed by atoms with E-state index in [-0.39, 0.29) is 24.2 Å². The summed E-state index contributed by atoms with van der Waals surface area (Å²) in [5, 5.41) is 22.8. The quantitative estimate of drug-likeness (QED) is 0.702. The number of fused-ring (bicyclic) bond motifs is 2. The molecule has 2 aliphatic heterocycles. The Bertz CT molecular complexity index is 859. The molecule has 2 aromatic heterocycles. The third-order valence-electron chi connectivity index (χ3n) is 4.75. The van der Waals surface area contributed by atoms with Crippen LogP contribution in [0.1, 0.15) is 17.9 Å². The smallest absolute Gasteiger partial charge is 0.241 e. The number of aromatic nitrogens is 6. The first-order chi connectivity index (χ1) is 12.6. The van der Waals surface area contributed by atoms with Crippen LogP contribution in [0.25, 0.3) is 0 Å². The van der Waals surface area contributed by atoms with Crippen LogP contribution >= 0.6 is 0 Å². The van der Waals surface area contributed by atoms with Crippen LogP contribution in [0.3, 0.4) is 0 Å². The molecule has 134 valence electrons. The highest BCUT2D eigenvalue weighted by Crippen LogP contribution is 2.39. The maximum Gasteiger partial charge on any atom is 0.241 e. The van der Waals surface area contributed by atoms with Crippen molar-refractivity contribution < 1.29 is 9.53 Å². The minimum absolute atomic E-state index is 0.0726. The Morgan fingerprint density at radius 1 is 1.50 bits per heavy atom. The highest BCUT2D eigenvalue weighted by Gasteiger charge is 2.51. The van der Waals surface area contributed by atoms with Gasteiger partial charge < -0.3 is 15.0 Å². The summed E-state index contributed by atoms with van der Waals surface area (Å²) in [6.45, 7) is 3.41. The van der Waals surface area contributed by atoms with Crippen molar-refractivity contribution in [2.75, 3.05) is 24.6 Å². The van der Waals surface area contributed by atoms with Crippen LogP contribution in [0.15, 0.2) is 12.4 Å². The molecule has 2 bridgehead atoms. The molecule has 26 heavy (non-hydrogen) atoms. The zero-order valence-electron chi connectivity index (χ0n) is 14.2. The number of nitriles is 1. The fourth-order valence-corrected chi connectivity index (χ4v) is 3.39. The molecular formula is C15H17N9O2. The molecule has 2 fully saturated rings. The Morgan fingerprint density at radius 3 is 3.08 bits per heavy atom. The summed E-state index contributed by atoms with van der Waals surface area (Å²) in [7, 11) is 0. The van der Waals surface area contributed by atoms with E-state index in [0.717, 1.165) is 12.2 Å². The zero-order chi connectivity index (χ0) is 18.1. The first kappa shape index (κ1) is 16.3. The van der Waals surface area contributed by atoms with Gasteiger partial charge >= 0.3 is 0 Å². The number of ether oxygens (including phenoxy) is 1. The van der Waals surface area contributed by atoms with Gasteiger partial charge in [-0.2, -0.15) is 5.26 Å². The van der Waals surface area contributed by atoms with E-state index < -0.39 is 5.60 Å². The number of rotatable bonds is 5. The number of nitrogens with zero attached hydrogens (tertiary/aromatic N) is 8. The number of amides is 1. The zero-order valence-corrected chi connectivity index (χ0v) is 14.2. The minimum Gasteiger partial charge on any atom is -0.369 e. The van der Waals surface area contributed by atoms with E-state index in [2.05, 4.69) is 35.7 Å². The lowest BCUT2D eigenvalue weighted by molar-refractivity contribution is -0.123. The van der Waals surface area contributed by atoms with Crippen LogP contribution in [0.5, 0.6) is 0 Å². The van der Waals surface area contributed by atoms with E-state index in [9.17, 15) is 4.79 Å². The lowest BCUT2D eigenvalue weighted by atomic mass is 10.0. The Kier molecular flexibility index (Phi) is 3.96. The predicted molar refractivity (Wildman–Crippen MR) is 86.7 cm³/mol. The van der Waals surface area contributed by atoms with Gasteiger partial charge in [0.1, 0.15) is 29.9 Å². The van der Waals surface area contributed by atoms with Crippen LogP contribution in [-0.4, -0.2) is 67.4 Å². The SMILES string of the molecule is Cc1nnnn1CC(=O)NCC12CC(CO1)N(c1cnc(C#N)cn1)C2. The van der Waals surface area contributed by atoms with E-state index in [1.807, 2.05) is 6.07 Å². The number of carbonyl (C=O) groups excluding carboxylic acids is 1. The first-order valence-corrected chi connectivity index (χ1v) is 8.21. The van der Waals surface area contributed by atoms with Crippen molar-refractivity contribution in [3.05, 3.63) is 23.9 Å².